The van der Waals surface area contributed by atoms with Crippen LogP contribution >= 0.6 is 0 Å². The summed E-state index contributed by atoms with van der Waals surface area (Å²) < 4.78 is 12.3. The molecule has 1 amide bonds. The van der Waals surface area contributed by atoms with Crippen LogP contribution in [0, 0.1) is 11.3 Å². The number of fused-ring (bicyclic) bond motifs is 1. The van der Waals surface area contributed by atoms with Gasteiger partial charge in [0.15, 0.2) is 5.69 Å². The molecule has 1 fully saturated rings. The highest BCUT2D eigenvalue weighted by Gasteiger charge is 2.35. The maximum atomic E-state index is 13.5. The van der Waals surface area contributed by atoms with Crippen LogP contribution in [-0.4, -0.2) is 38.4 Å². The van der Waals surface area contributed by atoms with Crippen LogP contribution in [0.1, 0.15) is 92.8 Å². The maximum Gasteiger partial charge on any atom is 0.379 e. The lowest BCUT2D eigenvalue weighted by Gasteiger charge is -2.28. The largest absolute Gasteiger partial charge is 0.460 e. The van der Waals surface area contributed by atoms with Crippen molar-refractivity contribution in [2.24, 2.45) is 11.3 Å². The highest BCUT2D eigenvalue weighted by Crippen LogP contribution is 2.33. The van der Waals surface area contributed by atoms with E-state index in [2.05, 4.69) is 15.5 Å². The summed E-state index contributed by atoms with van der Waals surface area (Å²) in [6.45, 7) is 8.57. The van der Waals surface area contributed by atoms with Crippen molar-refractivity contribution in [1.82, 2.24) is 25.2 Å². The highest BCUT2D eigenvalue weighted by atomic mass is 16.5. The summed E-state index contributed by atoms with van der Waals surface area (Å²) in [6.07, 6.45) is 6.19. The second-order valence-corrected chi connectivity index (χ2v) is 10.0. The zero-order valence-electron chi connectivity index (χ0n) is 20.3. The molecular weight excluding hydrogens is 434 g/mol. The van der Waals surface area contributed by atoms with Gasteiger partial charge in [-0.3, -0.25) is 9.48 Å². The number of nitrogens with zero attached hydrogens (tertiary/aromatic N) is 4. The predicted molar refractivity (Wildman–Crippen MR) is 126 cm³/mol. The highest BCUT2D eigenvalue weighted by molar-refractivity contribution is 6.05. The van der Waals surface area contributed by atoms with Gasteiger partial charge in [-0.25, -0.2) is 4.79 Å². The summed E-state index contributed by atoms with van der Waals surface area (Å²) in [6, 6.07) is 7.18. The van der Waals surface area contributed by atoms with Crippen molar-refractivity contribution >= 4 is 22.8 Å². The number of esters is 1. The van der Waals surface area contributed by atoms with Gasteiger partial charge in [0.05, 0.1) is 12.1 Å². The van der Waals surface area contributed by atoms with Gasteiger partial charge in [0.25, 0.3) is 11.7 Å². The number of carbonyl (C=O) groups excluding carboxylic acids is 2. The molecule has 4 rings (SSSR count). The second kappa shape index (κ2) is 9.95. The molecule has 1 aromatic carbocycles. The number of para-hydroxylation sites is 1. The first kappa shape index (κ1) is 23.9. The van der Waals surface area contributed by atoms with Crippen molar-refractivity contribution in [2.75, 3.05) is 6.61 Å². The first-order valence-electron chi connectivity index (χ1n) is 12.0. The molecule has 0 bridgehead atoms. The number of hydrogen-bond acceptors (Lipinski definition) is 7. The zero-order valence-corrected chi connectivity index (χ0v) is 20.3. The van der Waals surface area contributed by atoms with Gasteiger partial charge >= 0.3 is 5.97 Å². The van der Waals surface area contributed by atoms with Crippen LogP contribution in [0.2, 0.25) is 0 Å². The molecule has 9 heteroatoms. The van der Waals surface area contributed by atoms with E-state index in [9.17, 15) is 9.59 Å². The molecule has 1 aliphatic rings. The Morgan fingerprint density at radius 2 is 1.94 bits per heavy atom. The van der Waals surface area contributed by atoms with Crippen LogP contribution in [0.4, 0.5) is 0 Å². The average Bonchev–Trinajstić information content (AvgIpc) is 3.43. The first-order valence-corrected chi connectivity index (χ1v) is 12.0. The number of carbonyl (C=O) groups is 2. The topological polar surface area (TPSA) is 112 Å². The Hall–Kier alpha value is -3.23. The molecule has 3 aromatic rings. The van der Waals surface area contributed by atoms with Crippen LogP contribution in [0.5, 0.6) is 0 Å². The van der Waals surface area contributed by atoms with E-state index in [1.165, 1.54) is 32.1 Å². The van der Waals surface area contributed by atoms with Crippen molar-refractivity contribution in [3.8, 4) is 0 Å². The van der Waals surface area contributed by atoms with E-state index >= 15 is 0 Å². The van der Waals surface area contributed by atoms with Crippen LogP contribution < -0.4 is 5.32 Å². The Bertz CT molecular complexity index is 1150. The molecule has 0 saturated heterocycles. The van der Waals surface area contributed by atoms with Crippen LogP contribution in [0.15, 0.2) is 28.8 Å². The molecule has 0 radical (unpaired) electrons. The van der Waals surface area contributed by atoms with Gasteiger partial charge < -0.3 is 14.6 Å². The van der Waals surface area contributed by atoms with Gasteiger partial charge in [0.2, 0.25) is 5.89 Å². The number of hydrogen-bond donors (Lipinski definition) is 1. The standard InChI is InChI=1S/C25H33N5O4/c1-5-33-24(32)21-27-23(34-29-21)20(25(2,3)4)26-22(31)19-17-13-9-10-14-18(17)30(28-19)15-16-11-7-6-8-12-16/h9-10,13-14,16,20H,5-8,11-12,15H2,1-4H3,(H,26,31)/t20-/m1/s1. The van der Waals surface area contributed by atoms with Crippen molar-refractivity contribution in [3.63, 3.8) is 0 Å². The van der Waals surface area contributed by atoms with Crippen LogP contribution in [0.25, 0.3) is 10.9 Å². The molecule has 0 unspecified atom stereocenters. The predicted octanol–water partition coefficient (Wildman–Crippen LogP) is 4.69. The summed E-state index contributed by atoms with van der Waals surface area (Å²) in [5.41, 5.74) is 0.855. The molecule has 9 nitrogen and oxygen atoms in total. The first-order chi connectivity index (χ1) is 16.3. The van der Waals surface area contributed by atoms with Gasteiger partial charge in [0, 0.05) is 11.9 Å². The van der Waals surface area contributed by atoms with E-state index in [4.69, 9.17) is 14.4 Å². The van der Waals surface area contributed by atoms with Gasteiger partial charge in [0.1, 0.15) is 6.04 Å². The molecule has 2 aromatic heterocycles. The summed E-state index contributed by atoms with van der Waals surface area (Å²) in [5.74, 6) is -0.425. The zero-order chi connectivity index (χ0) is 24.3. The summed E-state index contributed by atoms with van der Waals surface area (Å²) >= 11 is 0. The molecule has 0 spiro atoms. The number of rotatable bonds is 7. The fourth-order valence-corrected chi connectivity index (χ4v) is 4.53. The number of amides is 1. The van der Waals surface area contributed by atoms with Gasteiger partial charge in [-0.2, -0.15) is 10.1 Å². The van der Waals surface area contributed by atoms with Crippen molar-refractivity contribution in [1.29, 1.82) is 0 Å². The monoisotopic (exact) mass is 467 g/mol. The Balaban J connectivity index is 1.61. The Kier molecular flexibility index (Phi) is 7.00. The molecular formula is C25H33N5O4. The number of benzene rings is 1. The minimum absolute atomic E-state index is 0.148. The molecule has 182 valence electrons. The summed E-state index contributed by atoms with van der Waals surface area (Å²) in [4.78, 5) is 29.6. The van der Waals surface area contributed by atoms with E-state index in [1.807, 2.05) is 49.7 Å². The number of nitrogens with one attached hydrogen (secondary N) is 1. The molecule has 34 heavy (non-hydrogen) atoms. The van der Waals surface area contributed by atoms with Crippen LogP contribution in [0.3, 0.4) is 0 Å². The van der Waals surface area contributed by atoms with E-state index < -0.39 is 17.4 Å². The lowest BCUT2D eigenvalue weighted by Crippen LogP contribution is -2.37. The third-order valence-corrected chi connectivity index (χ3v) is 6.32. The average molecular weight is 468 g/mol. The number of aromatic nitrogens is 4. The molecule has 0 aliphatic heterocycles. The van der Waals surface area contributed by atoms with Crippen molar-refractivity contribution in [3.05, 3.63) is 41.7 Å². The smallest absolute Gasteiger partial charge is 0.379 e. The van der Waals surface area contributed by atoms with Gasteiger partial charge in [-0.05, 0) is 42.3 Å². The third kappa shape index (κ3) is 5.13. The Morgan fingerprint density at radius 1 is 1.21 bits per heavy atom. The minimum atomic E-state index is -0.663. The SMILES string of the molecule is CCOC(=O)c1noc([C@@H](NC(=O)c2nn(CC3CCCCC3)c3ccccc23)C(C)(C)C)n1. The number of ether oxygens (including phenoxy) is 1. The molecule has 1 atom stereocenters. The van der Waals surface area contributed by atoms with Crippen LogP contribution in [-0.2, 0) is 11.3 Å². The lowest BCUT2D eigenvalue weighted by atomic mass is 9.86. The maximum absolute atomic E-state index is 13.5. The molecule has 1 N–H and O–H groups in total. The van der Waals surface area contributed by atoms with Crippen molar-refractivity contribution in [2.45, 2.75) is 72.4 Å². The van der Waals surface area contributed by atoms with E-state index in [0.717, 1.165) is 17.4 Å². The Labute approximate surface area is 199 Å². The fraction of sp³-hybridized carbons (Fsp3) is 0.560. The lowest BCUT2D eigenvalue weighted by molar-refractivity contribution is 0.0508. The quantitative estimate of drug-likeness (QED) is 0.502. The van der Waals surface area contributed by atoms with E-state index in [0.29, 0.717) is 11.6 Å². The molecule has 1 saturated carbocycles. The van der Waals surface area contributed by atoms with E-state index in [1.54, 1.807) is 6.92 Å². The van der Waals surface area contributed by atoms with E-state index in [-0.39, 0.29) is 24.2 Å². The van der Waals surface area contributed by atoms with Crippen molar-refractivity contribution < 1.29 is 18.8 Å². The second-order valence-electron chi connectivity index (χ2n) is 10.0. The van der Waals surface area contributed by atoms with Gasteiger partial charge in [-0.15, -0.1) is 0 Å². The normalized spacial score (nSPS) is 15.9. The Morgan fingerprint density at radius 3 is 2.65 bits per heavy atom. The summed E-state index contributed by atoms with van der Waals surface area (Å²) in [5, 5.41) is 12.3. The minimum Gasteiger partial charge on any atom is -0.460 e. The summed E-state index contributed by atoms with van der Waals surface area (Å²) in [7, 11) is 0. The third-order valence-electron chi connectivity index (χ3n) is 6.32. The fourth-order valence-electron chi connectivity index (χ4n) is 4.53. The van der Waals surface area contributed by atoms with Gasteiger partial charge in [-0.1, -0.05) is 58.2 Å². The molecule has 2 heterocycles. The molecule has 1 aliphatic carbocycles.